The summed E-state index contributed by atoms with van der Waals surface area (Å²) < 4.78 is 5.16. The van der Waals surface area contributed by atoms with Gasteiger partial charge < -0.3 is 20.7 Å². The maximum atomic E-state index is 12.5. The molecule has 1 amide bonds. The van der Waals surface area contributed by atoms with Gasteiger partial charge in [-0.2, -0.15) is 0 Å². The van der Waals surface area contributed by atoms with Gasteiger partial charge in [-0.05, 0) is 37.1 Å². The van der Waals surface area contributed by atoms with Crippen LogP contribution in [0.5, 0.6) is 5.75 Å². The Kier molecular flexibility index (Phi) is 4.92. The SMILES string of the molecule is COc1cc(Nc2ccc(C(=O)N3CCCC3)cc2[N+](=O)[O-])ccc1N. The van der Waals surface area contributed by atoms with Crippen LogP contribution in [0.4, 0.5) is 22.7 Å². The van der Waals surface area contributed by atoms with Crippen molar-refractivity contribution in [3.05, 3.63) is 52.1 Å². The molecule has 0 unspecified atom stereocenters. The van der Waals surface area contributed by atoms with Gasteiger partial charge in [-0.3, -0.25) is 14.9 Å². The number of nitrogens with one attached hydrogen (secondary N) is 1. The summed E-state index contributed by atoms with van der Waals surface area (Å²) in [5.74, 6) is 0.296. The molecule has 1 fully saturated rings. The average molecular weight is 356 g/mol. The summed E-state index contributed by atoms with van der Waals surface area (Å²) in [7, 11) is 1.50. The van der Waals surface area contributed by atoms with Crippen LogP contribution in [0.1, 0.15) is 23.2 Å². The van der Waals surface area contributed by atoms with E-state index in [4.69, 9.17) is 10.5 Å². The van der Waals surface area contributed by atoms with Crippen LogP contribution >= 0.6 is 0 Å². The minimum atomic E-state index is -0.502. The molecule has 3 N–H and O–H groups in total. The number of likely N-dealkylation sites (tertiary alicyclic amines) is 1. The van der Waals surface area contributed by atoms with Crippen molar-refractivity contribution in [2.24, 2.45) is 0 Å². The first-order valence-electron chi connectivity index (χ1n) is 8.28. The second-order valence-corrected chi connectivity index (χ2v) is 6.07. The number of benzene rings is 2. The third kappa shape index (κ3) is 3.53. The normalized spacial score (nSPS) is 13.5. The summed E-state index contributed by atoms with van der Waals surface area (Å²) >= 11 is 0. The van der Waals surface area contributed by atoms with Crippen molar-refractivity contribution in [3.8, 4) is 5.75 Å². The third-order valence-electron chi connectivity index (χ3n) is 4.35. The van der Waals surface area contributed by atoms with E-state index in [0.717, 1.165) is 12.8 Å². The molecule has 0 radical (unpaired) electrons. The minimum Gasteiger partial charge on any atom is -0.495 e. The molecule has 2 aromatic rings. The summed E-state index contributed by atoms with van der Waals surface area (Å²) in [5, 5.41) is 14.5. The molecule has 0 atom stereocenters. The highest BCUT2D eigenvalue weighted by Crippen LogP contribution is 2.32. The molecule has 1 aliphatic heterocycles. The van der Waals surface area contributed by atoms with Crippen molar-refractivity contribution in [1.29, 1.82) is 0 Å². The van der Waals surface area contributed by atoms with Crippen LogP contribution in [0.25, 0.3) is 0 Å². The van der Waals surface area contributed by atoms with Gasteiger partial charge in [-0.1, -0.05) is 0 Å². The van der Waals surface area contributed by atoms with Crippen molar-refractivity contribution in [1.82, 2.24) is 4.90 Å². The summed E-state index contributed by atoms with van der Waals surface area (Å²) in [5.41, 5.74) is 7.30. The molecule has 1 heterocycles. The minimum absolute atomic E-state index is 0.161. The highest BCUT2D eigenvalue weighted by atomic mass is 16.6. The first kappa shape index (κ1) is 17.5. The van der Waals surface area contributed by atoms with Crippen LogP contribution < -0.4 is 15.8 Å². The topological polar surface area (TPSA) is 111 Å². The molecule has 1 saturated heterocycles. The van der Waals surface area contributed by atoms with Gasteiger partial charge in [0.1, 0.15) is 11.4 Å². The third-order valence-corrected chi connectivity index (χ3v) is 4.35. The first-order chi connectivity index (χ1) is 12.5. The number of hydrogen-bond donors (Lipinski definition) is 2. The molecule has 1 aliphatic rings. The van der Waals surface area contributed by atoms with E-state index in [-0.39, 0.29) is 11.6 Å². The van der Waals surface area contributed by atoms with Crippen LogP contribution in [0.15, 0.2) is 36.4 Å². The van der Waals surface area contributed by atoms with E-state index in [0.29, 0.717) is 41.5 Å². The number of carbonyl (C=O) groups is 1. The number of hydrogen-bond acceptors (Lipinski definition) is 6. The molecule has 0 aliphatic carbocycles. The number of nitrogen functional groups attached to an aromatic ring is 1. The van der Waals surface area contributed by atoms with Crippen LogP contribution in [-0.2, 0) is 0 Å². The first-order valence-corrected chi connectivity index (χ1v) is 8.28. The Morgan fingerprint density at radius 1 is 1.23 bits per heavy atom. The lowest BCUT2D eigenvalue weighted by atomic mass is 10.1. The molecule has 2 aromatic carbocycles. The maximum Gasteiger partial charge on any atom is 0.293 e. The Bertz CT molecular complexity index is 847. The molecular weight excluding hydrogens is 336 g/mol. The fourth-order valence-electron chi connectivity index (χ4n) is 2.97. The van der Waals surface area contributed by atoms with Gasteiger partial charge >= 0.3 is 0 Å². The van der Waals surface area contributed by atoms with Crippen molar-refractivity contribution in [2.75, 3.05) is 31.2 Å². The van der Waals surface area contributed by atoms with Gasteiger partial charge in [0.05, 0.1) is 17.7 Å². The van der Waals surface area contributed by atoms with E-state index in [1.165, 1.54) is 13.2 Å². The van der Waals surface area contributed by atoms with Gasteiger partial charge in [0.15, 0.2) is 0 Å². The fraction of sp³-hybridized carbons (Fsp3) is 0.278. The molecule has 8 nitrogen and oxygen atoms in total. The Labute approximate surface area is 150 Å². The molecule has 0 bridgehead atoms. The summed E-state index contributed by atoms with van der Waals surface area (Å²) in [6.07, 6.45) is 1.93. The summed E-state index contributed by atoms with van der Waals surface area (Å²) in [6, 6.07) is 9.47. The van der Waals surface area contributed by atoms with Gasteiger partial charge in [-0.25, -0.2) is 0 Å². The van der Waals surface area contributed by atoms with Crippen LogP contribution in [0, 0.1) is 10.1 Å². The number of nitro benzene ring substituents is 1. The number of methoxy groups -OCH3 is 1. The molecule has 0 aromatic heterocycles. The number of nitrogens with two attached hydrogens (primary N) is 1. The van der Waals surface area contributed by atoms with E-state index < -0.39 is 4.92 Å². The Morgan fingerprint density at radius 3 is 2.62 bits per heavy atom. The van der Waals surface area contributed by atoms with E-state index in [1.807, 2.05) is 0 Å². The summed E-state index contributed by atoms with van der Waals surface area (Å²) in [4.78, 5) is 25.2. The number of nitrogens with zero attached hydrogens (tertiary/aromatic N) is 2. The number of rotatable bonds is 5. The monoisotopic (exact) mass is 356 g/mol. The lowest BCUT2D eigenvalue weighted by molar-refractivity contribution is -0.383. The van der Waals surface area contributed by atoms with Crippen LogP contribution in [0.2, 0.25) is 0 Å². The standard InChI is InChI=1S/C18H20N4O4/c1-26-17-11-13(5-6-14(17)19)20-15-7-4-12(10-16(15)22(24)25)18(23)21-8-2-3-9-21/h4-7,10-11,20H,2-3,8-9,19H2,1H3. The quantitative estimate of drug-likeness (QED) is 0.484. The largest absolute Gasteiger partial charge is 0.495 e. The molecule has 26 heavy (non-hydrogen) atoms. The van der Waals surface area contributed by atoms with Crippen molar-refractivity contribution in [2.45, 2.75) is 12.8 Å². The van der Waals surface area contributed by atoms with E-state index in [9.17, 15) is 14.9 Å². The highest BCUT2D eigenvalue weighted by Gasteiger charge is 2.23. The fourth-order valence-corrected chi connectivity index (χ4v) is 2.97. The van der Waals surface area contributed by atoms with Gasteiger partial charge in [-0.15, -0.1) is 0 Å². The smallest absolute Gasteiger partial charge is 0.293 e. The Balaban J connectivity index is 1.89. The molecule has 8 heteroatoms. The van der Waals surface area contributed by atoms with Gasteiger partial charge in [0, 0.05) is 36.5 Å². The molecule has 3 rings (SSSR count). The Hall–Kier alpha value is -3.29. The number of nitro groups is 1. The molecule has 0 spiro atoms. The lowest BCUT2D eigenvalue weighted by Gasteiger charge is -2.16. The highest BCUT2D eigenvalue weighted by molar-refractivity contribution is 5.96. The number of amides is 1. The number of carbonyl (C=O) groups excluding carboxylic acids is 1. The van der Waals surface area contributed by atoms with Crippen molar-refractivity contribution < 1.29 is 14.5 Å². The average Bonchev–Trinajstić information content (AvgIpc) is 3.17. The zero-order valence-corrected chi connectivity index (χ0v) is 14.4. The predicted octanol–water partition coefficient (Wildman–Crippen LogP) is 3.17. The van der Waals surface area contributed by atoms with E-state index in [2.05, 4.69) is 5.32 Å². The molecular formula is C18H20N4O4. The Morgan fingerprint density at radius 2 is 1.96 bits per heavy atom. The maximum absolute atomic E-state index is 12.5. The van der Waals surface area contributed by atoms with E-state index in [1.54, 1.807) is 35.2 Å². The second kappa shape index (κ2) is 7.30. The van der Waals surface area contributed by atoms with Gasteiger partial charge in [0.2, 0.25) is 0 Å². The predicted molar refractivity (Wildman–Crippen MR) is 98.9 cm³/mol. The second-order valence-electron chi connectivity index (χ2n) is 6.07. The number of anilines is 3. The van der Waals surface area contributed by atoms with Crippen LogP contribution in [-0.4, -0.2) is 35.9 Å². The van der Waals surface area contributed by atoms with Crippen molar-refractivity contribution >= 4 is 28.7 Å². The van der Waals surface area contributed by atoms with Gasteiger partial charge in [0.25, 0.3) is 11.6 Å². The zero-order chi connectivity index (χ0) is 18.7. The van der Waals surface area contributed by atoms with Crippen molar-refractivity contribution in [3.63, 3.8) is 0 Å². The van der Waals surface area contributed by atoms with Crippen LogP contribution in [0.3, 0.4) is 0 Å². The summed E-state index contributed by atoms with van der Waals surface area (Å²) in [6.45, 7) is 1.38. The lowest BCUT2D eigenvalue weighted by Crippen LogP contribution is -2.27. The van der Waals surface area contributed by atoms with E-state index >= 15 is 0 Å². The number of ether oxygens (including phenoxy) is 1. The molecule has 136 valence electrons. The molecule has 0 saturated carbocycles. The zero-order valence-electron chi connectivity index (χ0n) is 14.4.